The van der Waals surface area contributed by atoms with Gasteiger partial charge >= 0.3 is 0 Å². The highest BCUT2D eigenvalue weighted by atomic mass is 32.2. The predicted octanol–water partition coefficient (Wildman–Crippen LogP) is 1.95. The maximum atomic E-state index is 12.4. The first kappa shape index (κ1) is 13.4. The molecular weight excluding hydrogens is 262 g/mol. The summed E-state index contributed by atoms with van der Waals surface area (Å²) in [6.45, 7) is 0. The van der Waals surface area contributed by atoms with Crippen molar-refractivity contribution in [2.45, 2.75) is 4.90 Å². The summed E-state index contributed by atoms with van der Waals surface area (Å²) in [4.78, 5) is 4.27. The Bertz CT molecular complexity index is 639. The lowest BCUT2D eigenvalue weighted by atomic mass is 10.3. The Hall–Kier alpha value is -2.08. The number of hydrogen-bond donors (Lipinski definition) is 1. The molecule has 0 bridgehead atoms. The molecule has 5 nitrogen and oxygen atoms in total. The molecule has 2 rings (SSSR count). The molecule has 1 aromatic heterocycles. The molecule has 0 unspecified atom stereocenters. The lowest BCUT2D eigenvalue weighted by Gasteiger charge is -2.18. The van der Waals surface area contributed by atoms with Crippen molar-refractivity contribution in [2.75, 3.05) is 23.7 Å². The van der Waals surface area contributed by atoms with Crippen LogP contribution in [0.15, 0.2) is 53.6 Å². The molecule has 1 heterocycles. The summed E-state index contributed by atoms with van der Waals surface area (Å²) in [5.41, 5.74) is 0.861. The van der Waals surface area contributed by atoms with Gasteiger partial charge in [0.25, 0.3) is 10.0 Å². The van der Waals surface area contributed by atoms with Gasteiger partial charge in [-0.2, -0.15) is 0 Å². The van der Waals surface area contributed by atoms with Crippen molar-refractivity contribution in [3.05, 3.63) is 48.7 Å². The zero-order valence-electron chi connectivity index (χ0n) is 10.7. The van der Waals surface area contributed by atoms with Crippen LogP contribution >= 0.6 is 0 Å². The number of rotatable bonds is 4. The number of sulfonamides is 1. The Morgan fingerprint density at radius 1 is 1.11 bits per heavy atom. The largest absolute Gasteiger partial charge is 0.388 e. The molecule has 1 N–H and O–H groups in total. The first-order chi connectivity index (χ1) is 9.05. The smallest absolute Gasteiger partial charge is 0.265 e. The molecule has 19 heavy (non-hydrogen) atoms. The summed E-state index contributed by atoms with van der Waals surface area (Å²) in [6, 6.07) is 11.7. The second-order valence-corrected chi connectivity index (χ2v) is 5.90. The molecule has 1 aromatic carbocycles. The molecule has 0 atom stereocenters. The van der Waals surface area contributed by atoms with Gasteiger partial charge in [-0.25, -0.2) is 13.4 Å². The van der Waals surface area contributed by atoms with Gasteiger partial charge in [0, 0.05) is 26.0 Å². The van der Waals surface area contributed by atoms with E-state index in [2.05, 4.69) is 10.3 Å². The molecule has 0 saturated heterocycles. The van der Waals surface area contributed by atoms with Crippen LogP contribution in [0.1, 0.15) is 0 Å². The van der Waals surface area contributed by atoms with E-state index in [1.807, 2.05) is 0 Å². The molecule has 0 amide bonds. The summed E-state index contributed by atoms with van der Waals surface area (Å²) < 4.78 is 26.0. The van der Waals surface area contributed by atoms with Crippen molar-refractivity contribution >= 4 is 21.5 Å². The molecule has 0 aliphatic rings. The van der Waals surface area contributed by atoms with E-state index in [4.69, 9.17) is 0 Å². The van der Waals surface area contributed by atoms with Crippen LogP contribution in [0.25, 0.3) is 0 Å². The fourth-order valence-electron chi connectivity index (χ4n) is 1.61. The van der Waals surface area contributed by atoms with Crippen LogP contribution in [0.5, 0.6) is 0 Å². The first-order valence-electron chi connectivity index (χ1n) is 5.73. The van der Waals surface area contributed by atoms with Crippen LogP contribution in [0.4, 0.5) is 11.5 Å². The second kappa shape index (κ2) is 5.27. The molecular formula is C13H15N3O2S. The number of pyridine rings is 1. The van der Waals surface area contributed by atoms with E-state index in [9.17, 15) is 8.42 Å². The van der Waals surface area contributed by atoms with Gasteiger partial charge in [-0.1, -0.05) is 6.07 Å². The maximum absolute atomic E-state index is 12.4. The molecule has 0 fully saturated rings. The van der Waals surface area contributed by atoms with Crippen LogP contribution in [0.2, 0.25) is 0 Å². The number of nitrogens with zero attached hydrogens (tertiary/aromatic N) is 2. The highest BCUT2D eigenvalue weighted by Gasteiger charge is 2.21. The molecule has 0 aliphatic carbocycles. The van der Waals surface area contributed by atoms with Gasteiger partial charge in [0.15, 0.2) is 0 Å². The van der Waals surface area contributed by atoms with Crippen LogP contribution in [-0.2, 0) is 10.0 Å². The van der Waals surface area contributed by atoms with Crippen LogP contribution in [0.3, 0.4) is 0 Å². The molecule has 0 spiro atoms. The summed E-state index contributed by atoms with van der Waals surface area (Å²) in [6.07, 6.45) is 1.56. The molecule has 100 valence electrons. The average molecular weight is 277 g/mol. The van der Waals surface area contributed by atoms with Gasteiger partial charge in [-0.15, -0.1) is 0 Å². The third kappa shape index (κ3) is 2.68. The number of anilines is 2. The van der Waals surface area contributed by atoms with E-state index in [0.717, 1.165) is 5.69 Å². The zero-order chi connectivity index (χ0) is 13.9. The topological polar surface area (TPSA) is 62.3 Å². The number of hydrogen-bond acceptors (Lipinski definition) is 4. The highest BCUT2D eigenvalue weighted by molar-refractivity contribution is 7.92. The first-order valence-corrected chi connectivity index (χ1v) is 7.17. The second-order valence-electron chi connectivity index (χ2n) is 3.93. The number of benzene rings is 1. The molecule has 6 heteroatoms. The van der Waals surface area contributed by atoms with Crippen molar-refractivity contribution in [3.8, 4) is 0 Å². The van der Waals surface area contributed by atoms with Crippen LogP contribution < -0.4 is 9.62 Å². The molecule has 0 radical (unpaired) electrons. The van der Waals surface area contributed by atoms with Crippen molar-refractivity contribution in [1.29, 1.82) is 0 Å². The third-order valence-corrected chi connectivity index (χ3v) is 4.55. The van der Waals surface area contributed by atoms with Crippen LogP contribution in [0, 0.1) is 0 Å². The van der Waals surface area contributed by atoms with Crippen molar-refractivity contribution in [2.24, 2.45) is 0 Å². The lowest BCUT2D eigenvalue weighted by Crippen LogP contribution is -2.27. The van der Waals surface area contributed by atoms with E-state index in [-0.39, 0.29) is 4.90 Å². The minimum absolute atomic E-state index is 0.236. The van der Waals surface area contributed by atoms with E-state index in [1.54, 1.807) is 55.7 Å². The average Bonchev–Trinajstić information content (AvgIpc) is 2.47. The SMILES string of the molecule is CNc1ccc(S(=O)(=O)N(C)c2ccccn2)cc1. The number of aromatic nitrogens is 1. The summed E-state index contributed by atoms with van der Waals surface area (Å²) in [5.74, 6) is 0.389. The van der Waals surface area contributed by atoms with Crippen molar-refractivity contribution in [3.63, 3.8) is 0 Å². The quantitative estimate of drug-likeness (QED) is 0.928. The summed E-state index contributed by atoms with van der Waals surface area (Å²) in [7, 11) is -0.303. The van der Waals surface area contributed by atoms with Gasteiger partial charge in [0.2, 0.25) is 0 Å². The molecule has 2 aromatic rings. The third-order valence-electron chi connectivity index (χ3n) is 2.77. The zero-order valence-corrected chi connectivity index (χ0v) is 11.6. The van der Waals surface area contributed by atoms with Gasteiger partial charge in [0.1, 0.15) is 5.82 Å². The fraction of sp³-hybridized carbons (Fsp3) is 0.154. The van der Waals surface area contributed by atoms with E-state index >= 15 is 0 Å². The maximum Gasteiger partial charge on any atom is 0.265 e. The molecule has 0 aliphatic heterocycles. The van der Waals surface area contributed by atoms with Crippen molar-refractivity contribution < 1.29 is 8.42 Å². The van der Waals surface area contributed by atoms with Crippen molar-refractivity contribution in [1.82, 2.24) is 4.98 Å². The van der Waals surface area contributed by atoms with Gasteiger partial charge in [0.05, 0.1) is 4.90 Å². The van der Waals surface area contributed by atoms with E-state index in [0.29, 0.717) is 5.82 Å². The normalized spacial score (nSPS) is 11.1. The van der Waals surface area contributed by atoms with Crippen LogP contribution in [-0.4, -0.2) is 27.5 Å². The lowest BCUT2D eigenvalue weighted by molar-refractivity contribution is 0.594. The Morgan fingerprint density at radius 2 is 1.79 bits per heavy atom. The van der Waals surface area contributed by atoms with E-state index < -0.39 is 10.0 Å². The van der Waals surface area contributed by atoms with E-state index in [1.165, 1.54) is 11.4 Å². The summed E-state index contributed by atoms with van der Waals surface area (Å²) in [5, 5.41) is 2.95. The monoisotopic (exact) mass is 277 g/mol. The Kier molecular flexibility index (Phi) is 3.71. The Balaban J connectivity index is 2.36. The van der Waals surface area contributed by atoms with Gasteiger partial charge in [-0.3, -0.25) is 4.31 Å². The standard InChI is InChI=1S/C13H15N3O2S/c1-14-11-6-8-12(9-7-11)19(17,18)16(2)13-5-3-4-10-15-13/h3-10,14H,1-2H3. The number of nitrogens with one attached hydrogen (secondary N) is 1. The highest BCUT2D eigenvalue weighted by Crippen LogP contribution is 2.21. The van der Waals surface area contributed by atoms with Gasteiger partial charge in [-0.05, 0) is 36.4 Å². The Labute approximate surface area is 113 Å². The predicted molar refractivity (Wildman–Crippen MR) is 75.8 cm³/mol. The summed E-state index contributed by atoms with van der Waals surface area (Å²) >= 11 is 0. The minimum Gasteiger partial charge on any atom is -0.388 e. The van der Waals surface area contributed by atoms with Gasteiger partial charge < -0.3 is 5.32 Å². The molecule has 0 saturated carbocycles. The fourth-order valence-corrected chi connectivity index (χ4v) is 2.77. The minimum atomic E-state index is -3.57. The Morgan fingerprint density at radius 3 is 2.32 bits per heavy atom.